The van der Waals surface area contributed by atoms with Crippen molar-refractivity contribution in [2.75, 3.05) is 10.6 Å². The fourth-order valence-electron chi connectivity index (χ4n) is 1.79. The van der Waals surface area contributed by atoms with Gasteiger partial charge in [-0.05, 0) is 48.9 Å². The Bertz CT molecular complexity index is 792. The summed E-state index contributed by atoms with van der Waals surface area (Å²) in [6, 6.07) is 13.2. The van der Waals surface area contributed by atoms with Crippen molar-refractivity contribution >= 4 is 28.9 Å². The van der Waals surface area contributed by atoms with Crippen molar-refractivity contribution in [3.63, 3.8) is 0 Å². The molecule has 23 heavy (non-hydrogen) atoms. The van der Waals surface area contributed by atoms with Crippen molar-refractivity contribution < 1.29 is 9.90 Å². The molecule has 2 rings (SSSR count). The van der Waals surface area contributed by atoms with Gasteiger partial charge in [0.25, 0.3) is 5.91 Å². The molecule has 116 valence electrons. The van der Waals surface area contributed by atoms with Crippen LogP contribution in [0.15, 0.2) is 54.2 Å². The topological polar surface area (TPSA) is 85.2 Å². The summed E-state index contributed by atoms with van der Waals surface area (Å²) < 4.78 is 0. The van der Waals surface area contributed by atoms with Crippen molar-refractivity contribution in [3.8, 4) is 11.8 Å². The largest absolute Gasteiger partial charge is 0.508 e. The Morgan fingerprint density at radius 3 is 2.61 bits per heavy atom. The van der Waals surface area contributed by atoms with Gasteiger partial charge in [-0.3, -0.25) is 4.79 Å². The highest BCUT2D eigenvalue weighted by Gasteiger charge is 2.11. The second-order valence-corrected chi connectivity index (χ2v) is 5.13. The highest BCUT2D eigenvalue weighted by atomic mass is 35.5. The lowest BCUT2D eigenvalue weighted by atomic mass is 10.2. The first-order chi connectivity index (χ1) is 11.0. The molecule has 0 fully saturated rings. The van der Waals surface area contributed by atoms with Crippen LogP contribution in [-0.4, -0.2) is 11.0 Å². The fourth-order valence-corrected chi connectivity index (χ4v) is 1.97. The van der Waals surface area contributed by atoms with Crippen molar-refractivity contribution in [3.05, 3.63) is 64.8 Å². The van der Waals surface area contributed by atoms with Crippen LogP contribution in [0, 0.1) is 18.3 Å². The predicted molar refractivity (Wildman–Crippen MR) is 90.2 cm³/mol. The second kappa shape index (κ2) is 7.34. The predicted octanol–water partition coefficient (Wildman–Crippen LogP) is 3.81. The monoisotopic (exact) mass is 327 g/mol. The highest BCUT2D eigenvalue weighted by molar-refractivity contribution is 6.31. The summed E-state index contributed by atoms with van der Waals surface area (Å²) in [5.41, 5.74) is 1.83. The van der Waals surface area contributed by atoms with Gasteiger partial charge in [-0.15, -0.1) is 0 Å². The van der Waals surface area contributed by atoms with E-state index >= 15 is 0 Å². The molecule has 0 spiro atoms. The van der Waals surface area contributed by atoms with Gasteiger partial charge in [-0.2, -0.15) is 5.26 Å². The molecule has 0 unspecified atom stereocenters. The summed E-state index contributed by atoms with van der Waals surface area (Å²) >= 11 is 6.00. The number of hydrogen-bond acceptors (Lipinski definition) is 4. The molecule has 5 nitrogen and oxygen atoms in total. The van der Waals surface area contributed by atoms with Crippen LogP contribution in [0.4, 0.5) is 11.4 Å². The molecule has 0 bridgehead atoms. The first-order valence-electron chi connectivity index (χ1n) is 6.73. The Hall–Kier alpha value is -2.97. The van der Waals surface area contributed by atoms with Gasteiger partial charge in [0.1, 0.15) is 17.4 Å². The van der Waals surface area contributed by atoms with E-state index in [9.17, 15) is 9.90 Å². The molecule has 0 aliphatic heterocycles. The Morgan fingerprint density at radius 1 is 1.26 bits per heavy atom. The molecule has 2 aromatic carbocycles. The van der Waals surface area contributed by atoms with Gasteiger partial charge < -0.3 is 15.7 Å². The van der Waals surface area contributed by atoms with Gasteiger partial charge >= 0.3 is 0 Å². The van der Waals surface area contributed by atoms with Gasteiger partial charge in [-0.25, -0.2) is 0 Å². The van der Waals surface area contributed by atoms with E-state index < -0.39 is 5.91 Å². The van der Waals surface area contributed by atoms with E-state index in [1.165, 1.54) is 18.3 Å². The van der Waals surface area contributed by atoms with E-state index in [1.54, 1.807) is 37.3 Å². The molecule has 0 radical (unpaired) electrons. The Labute approximate surface area is 138 Å². The second-order valence-electron chi connectivity index (χ2n) is 4.73. The lowest BCUT2D eigenvalue weighted by molar-refractivity contribution is -0.112. The summed E-state index contributed by atoms with van der Waals surface area (Å²) in [5.74, 6) is -0.404. The smallest absolute Gasteiger partial charge is 0.267 e. The van der Waals surface area contributed by atoms with Gasteiger partial charge in [0.2, 0.25) is 0 Å². The molecular weight excluding hydrogens is 314 g/mol. The van der Waals surface area contributed by atoms with Crippen LogP contribution in [0.25, 0.3) is 0 Å². The number of amides is 1. The van der Waals surface area contributed by atoms with Gasteiger partial charge in [0, 0.05) is 22.6 Å². The quantitative estimate of drug-likeness (QED) is 0.453. The minimum absolute atomic E-state index is 0.0857. The number of anilines is 2. The first kappa shape index (κ1) is 16.4. The summed E-state index contributed by atoms with van der Waals surface area (Å²) in [7, 11) is 0. The fraction of sp³-hybridized carbons (Fsp3) is 0.0588. The van der Waals surface area contributed by atoms with Crippen LogP contribution in [0.1, 0.15) is 5.56 Å². The third-order valence-electron chi connectivity index (χ3n) is 3.13. The maximum Gasteiger partial charge on any atom is 0.267 e. The third-order valence-corrected chi connectivity index (χ3v) is 3.54. The van der Waals surface area contributed by atoms with Crippen LogP contribution < -0.4 is 10.6 Å². The van der Waals surface area contributed by atoms with Gasteiger partial charge in [-0.1, -0.05) is 17.7 Å². The molecule has 0 atom stereocenters. The minimum atomic E-state index is -0.538. The van der Waals surface area contributed by atoms with E-state index in [0.717, 1.165) is 5.56 Å². The standard InChI is InChI=1S/C17H14ClN3O2/c1-11-15(18)3-2-4-16(11)21-17(23)12(9-19)10-20-13-5-7-14(22)8-6-13/h2-8,10,20,22H,1H3,(H,21,23)/b12-10-. The van der Waals surface area contributed by atoms with E-state index in [-0.39, 0.29) is 11.3 Å². The normalized spacial score (nSPS) is 10.7. The number of phenolic OH excluding ortho intramolecular Hbond substituents is 1. The molecule has 0 saturated heterocycles. The van der Waals surface area contributed by atoms with Gasteiger partial charge in [0.15, 0.2) is 0 Å². The summed E-state index contributed by atoms with van der Waals surface area (Å²) in [4.78, 5) is 12.2. The highest BCUT2D eigenvalue weighted by Crippen LogP contribution is 2.23. The zero-order valence-corrected chi connectivity index (χ0v) is 13.1. The molecule has 0 aromatic heterocycles. The number of aromatic hydroxyl groups is 1. The molecule has 0 heterocycles. The summed E-state index contributed by atoms with van der Waals surface area (Å²) in [6.07, 6.45) is 1.31. The molecule has 2 aromatic rings. The first-order valence-corrected chi connectivity index (χ1v) is 7.11. The van der Waals surface area contributed by atoms with E-state index in [0.29, 0.717) is 16.4 Å². The number of nitrogens with zero attached hydrogens (tertiary/aromatic N) is 1. The SMILES string of the molecule is Cc1c(Cl)cccc1NC(=O)/C(C#N)=C\Nc1ccc(O)cc1. The number of halogens is 1. The average molecular weight is 328 g/mol. The van der Waals surface area contributed by atoms with Crippen molar-refractivity contribution in [2.24, 2.45) is 0 Å². The van der Waals surface area contributed by atoms with Crippen LogP contribution >= 0.6 is 11.6 Å². The number of nitrogens with one attached hydrogen (secondary N) is 2. The van der Waals surface area contributed by atoms with Crippen molar-refractivity contribution in [1.82, 2.24) is 0 Å². The van der Waals surface area contributed by atoms with Crippen molar-refractivity contribution in [2.45, 2.75) is 6.92 Å². The Morgan fingerprint density at radius 2 is 1.96 bits per heavy atom. The molecule has 1 amide bonds. The minimum Gasteiger partial charge on any atom is -0.508 e. The molecule has 6 heteroatoms. The van der Waals surface area contributed by atoms with Crippen LogP contribution in [0.3, 0.4) is 0 Å². The zero-order valence-electron chi connectivity index (χ0n) is 12.3. The molecular formula is C17H14ClN3O2. The molecule has 0 aliphatic carbocycles. The Balaban J connectivity index is 2.12. The molecule has 3 N–H and O–H groups in total. The van der Waals surface area contributed by atoms with Crippen LogP contribution in [-0.2, 0) is 4.79 Å². The number of benzene rings is 2. The average Bonchev–Trinajstić information content (AvgIpc) is 2.54. The van der Waals surface area contributed by atoms with E-state index in [2.05, 4.69) is 10.6 Å². The molecule has 0 saturated carbocycles. The number of phenols is 1. The lowest BCUT2D eigenvalue weighted by Crippen LogP contribution is -2.15. The van der Waals surface area contributed by atoms with Crippen LogP contribution in [0.2, 0.25) is 5.02 Å². The van der Waals surface area contributed by atoms with Crippen molar-refractivity contribution in [1.29, 1.82) is 5.26 Å². The maximum atomic E-state index is 12.2. The summed E-state index contributed by atoms with van der Waals surface area (Å²) in [6.45, 7) is 1.78. The number of carbonyl (C=O) groups excluding carboxylic acids is 1. The third kappa shape index (κ3) is 4.25. The zero-order chi connectivity index (χ0) is 16.8. The number of carbonyl (C=O) groups is 1. The summed E-state index contributed by atoms with van der Waals surface area (Å²) in [5, 5.41) is 24.4. The van der Waals surface area contributed by atoms with E-state index in [4.69, 9.17) is 16.9 Å². The Kier molecular flexibility index (Phi) is 5.23. The molecule has 0 aliphatic rings. The van der Waals surface area contributed by atoms with E-state index in [1.807, 2.05) is 6.07 Å². The number of nitriles is 1. The number of hydrogen-bond donors (Lipinski definition) is 3. The van der Waals surface area contributed by atoms with Crippen LogP contribution in [0.5, 0.6) is 5.75 Å². The maximum absolute atomic E-state index is 12.2. The lowest BCUT2D eigenvalue weighted by Gasteiger charge is -2.09. The number of rotatable bonds is 4. The van der Waals surface area contributed by atoms with Gasteiger partial charge in [0.05, 0.1) is 0 Å².